The second kappa shape index (κ2) is 8.06. The Morgan fingerprint density at radius 1 is 1.07 bits per heavy atom. The van der Waals surface area contributed by atoms with Crippen LogP contribution in [0.4, 0.5) is 0 Å². The first-order chi connectivity index (χ1) is 12.9. The molecule has 0 bridgehead atoms. The van der Waals surface area contributed by atoms with Crippen molar-refractivity contribution in [3.05, 3.63) is 53.9 Å². The number of pyridine rings is 1. The fourth-order valence-corrected chi connectivity index (χ4v) is 4.40. The fraction of sp³-hybridized carbons (Fsp3) is 0.368. The van der Waals surface area contributed by atoms with Gasteiger partial charge >= 0.3 is 0 Å². The molecule has 1 aromatic carbocycles. The summed E-state index contributed by atoms with van der Waals surface area (Å²) in [4.78, 5) is 18.7. The van der Waals surface area contributed by atoms with Crippen molar-refractivity contribution in [2.75, 3.05) is 32.8 Å². The zero-order valence-corrected chi connectivity index (χ0v) is 16.3. The van der Waals surface area contributed by atoms with Gasteiger partial charge in [0, 0.05) is 31.9 Å². The topological polar surface area (TPSA) is 79.8 Å². The third-order valence-corrected chi connectivity index (χ3v) is 6.32. The number of carbonyl (C=O) groups is 1. The molecule has 27 heavy (non-hydrogen) atoms. The molecule has 1 aliphatic rings. The number of piperazine rings is 1. The number of aryl methyl sites for hydroxylation is 1. The average Bonchev–Trinajstić information content (AvgIpc) is 2.68. The molecule has 2 aromatic rings. The molecule has 0 saturated carbocycles. The van der Waals surface area contributed by atoms with E-state index >= 15 is 0 Å². The molecule has 2 heterocycles. The molecule has 0 N–H and O–H groups in total. The molecule has 0 atom stereocenters. The largest absolute Gasteiger partial charge is 0.494 e. The van der Waals surface area contributed by atoms with Crippen molar-refractivity contribution in [2.24, 2.45) is 0 Å². The van der Waals surface area contributed by atoms with Crippen molar-refractivity contribution in [2.45, 2.75) is 18.7 Å². The van der Waals surface area contributed by atoms with Gasteiger partial charge in [0.15, 0.2) is 0 Å². The molecule has 7 nitrogen and oxygen atoms in total. The molecule has 0 unspecified atom stereocenters. The summed E-state index contributed by atoms with van der Waals surface area (Å²) in [6.07, 6.45) is 0. The number of hydrogen-bond donors (Lipinski definition) is 0. The van der Waals surface area contributed by atoms with Crippen LogP contribution in [0.2, 0.25) is 0 Å². The molecule has 0 radical (unpaired) electrons. The quantitative estimate of drug-likeness (QED) is 0.781. The summed E-state index contributed by atoms with van der Waals surface area (Å²) in [6, 6.07) is 11.7. The lowest BCUT2D eigenvalue weighted by molar-refractivity contribution is 0.0691. The first kappa shape index (κ1) is 19.3. The Morgan fingerprint density at radius 3 is 2.33 bits per heavy atom. The number of rotatable bonds is 5. The van der Waals surface area contributed by atoms with Crippen LogP contribution in [-0.2, 0) is 10.0 Å². The highest BCUT2D eigenvalue weighted by atomic mass is 32.2. The van der Waals surface area contributed by atoms with E-state index < -0.39 is 10.0 Å². The SMILES string of the molecule is CCOc1ccc(S(=O)(=O)N2CCN(C(=O)c3cccc(C)n3)CC2)cc1. The number of nitrogens with zero attached hydrogens (tertiary/aromatic N) is 3. The fourth-order valence-electron chi connectivity index (χ4n) is 2.98. The Morgan fingerprint density at radius 2 is 1.74 bits per heavy atom. The van der Waals surface area contributed by atoms with Gasteiger partial charge in [-0.05, 0) is 50.2 Å². The Kier molecular flexibility index (Phi) is 5.76. The minimum absolute atomic E-state index is 0.170. The van der Waals surface area contributed by atoms with Crippen LogP contribution in [0.3, 0.4) is 0 Å². The van der Waals surface area contributed by atoms with E-state index in [4.69, 9.17) is 4.74 Å². The van der Waals surface area contributed by atoms with Crippen LogP contribution in [0.5, 0.6) is 5.75 Å². The van der Waals surface area contributed by atoms with Gasteiger partial charge in [-0.15, -0.1) is 0 Å². The summed E-state index contributed by atoms with van der Waals surface area (Å²) in [5.41, 5.74) is 1.16. The van der Waals surface area contributed by atoms with Crippen molar-refractivity contribution >= 4 is 15.9 Å². The van der Waals surface area contributed by atoms with Gasteiger partial charge in [0.1, 0.15) is 11.4 Å². The van der Waals surface area contributed by atoms with Crippen LogP contribution in [0, 0.1) is 6.92 Å². The molecule has 1 amide bonds. The number of ether oxygens (including phenoxy) is 1. The Labute approximate surface area is 159 Å². The lowest BCUT2D eigenvalue weighted by Crippen LogP contribution is -2.50. The van der Waals surface area contributed by atoms with Crippen LogP contribution >= 0.6 is 0 Å². The maximum absolute atomic E-state index is 12.8. The van der Waals surface area contributed by atoms with Crippen LogP contribution in [-0.4, -0.2) is 61.3 Å². The monoisotopic (exact) mass is 389 g/mol. The first-order valence-electron chi connectivity index (χ1n) is 8.88. The smallest absolute Gasteiger partial charge is 0.272 e. The normalized spacial score (nSPS) is 15.6. The predicted molar refractivity (Wildman–Crippen MR) is 101 cm³/mol. The second-order valence-electron chi connectivity index (χ2n) is 6.26. The van der Waals surface area contributed by atoms with Crippen LogP contribution < -0.4 is 4.74 Å². The highest BCUT2D eigenvalue weighted by molar-refractivity contribution is 7.89. The van der Waals surface area contributed by atoms with Gasteiger partial charge < -0.3 is 9.64 Å². The van der Waals surface area contributed by atoms with Gasteiger partial charge in [-0.2, -0.15) is 4.31 Å². The summed E-state index contributed by atoms with van der Waals surface area (Å²) in [7, 11) is -3.59. The highest BCUT2D eigenvalue weighted by Crippen LogP contribution is 2.21. The van der Waals surface area contributed by atoms with Crippen LogP contribution in [0.1, 0.15) is 23.1 Å². The van der Waals surface area contributed by atoms with Crippen molar-refractivity contribution in [3.8, 4) is 5.75 Å². The third kappa shape index (κ3) is 4.28. The maximum atomic E-state index is 12.8. The molecule has 1 fully saturated rings. The minimum atomic E-state index is -3.59. The molecule has 3 rings (SSSR count). The minimum Gasteiger partial charge on any atom is -0.494 e. The van der Waals surface area contributed by atoms with Crippen molar-refractivity contribution in [1.29, 1.82) is 0 Å². The Balaban J connectivity index is 1.66. The van der Waals surface area contributed by atoms with Gasteiger partial charge in [0.05, 0.1) is 11.5 Å². The number of aromatic nitrogens is 1. The van der Waals surface area contributed by atoms with E-state index in [1.54, 1.807) is 41.3 Å². The third-order valence-electron chi connectivity index (χ3n) is 4.41. The van der Waals surface area contributed by atoms with Gasteiger partial charge in [0.25, 0.3) is 5.91 Å². The van der Waals surface area contributed by atoms with Crippen molar-refractivity contribution in [1.82, 2.24) is 14.2 Å². The molecule has 8 heteroatoms. The molecular weight excluding hydrogens is 366 g/mol. The van der Waals surface area contributed by atoms with E-state index in [2.05, 4.69) is 4.98 Å². The highest BCUT2D eigenvalue weighted by Gasteiger charge is 2.30. The zero-order chi connectivity index (χ0) is 19.4. The van der Waals surface area contributed by atoms with Gasteiger partial charge in [0.2, 0.25) is 10.0 Å². The molecule has 1 aliphatic heterocycles. The van der Waals surface area contributed by atoms with Crippen molar-refractivity contribution in [3.63, 3.8) is 0 Å². The van der Waals surface area contributed by atoms with E-state index in [1.165, 1.54) is 4.31 Å². The van der Waals surface area contributed by atoms with Crippen molar-refractivity contribution < 1.29 is 17.9 Å². The lowest BCUT2D eigenvalue weighted by atomic mass is 10.2. The summed E-state index contributed by atoms with van der Waals surface area (Å²) in [6.45, 7) is 5.42. The number of sulfonamides is 1. The molecule has 1 aromatic heterocycles. The molecule has 1 saturated heterocycles. The first-order valence-corrected chi connectivity index (χ1v) is 10.3. The van der Waals surface area contributed by atoms with E-state index in [9.17, 15) is 13.2 Å². The summed E-state index contributed by atoms with van der Waals surface area (Å²) in [5, 5.41) is 0. The maximum Gasteiger partial charge on any atom is 0.272 e. The number of carbonyl (C=O) groups excluding carboxylic acids is 1. The summed E-state index contributed by atoms with van der Waals surface area (Å²) < 4.78 is 32.4. The lowest BCUT2D eigenvalue weighted by Gasteiger charge is -2.33. The summed E-state index contributed by atoms with van der Waals surface area (Å²) >= 11 is 0. The van der Waals surface area contributed by atoms with Gasteiger partial charge in [-0.1, -0.05) is 6.07 Å². The number of benzene rings is 1. The number of amides is 1. The predicted octanol–water partition coefficient (Wildman–Crippen LogP) is 1.94. The van der Waals surface area contributed by atoms with E-state index in [1.807, 2.05) is 19.9 Å². The van der Waals surface area contributed by atoms with Crippen LogP contribution in [0.15, 0.2) is 47.4 Å². The average molecular weight is 389 g/mol. The van der Waals surface area contributed by atoms with Gasteiger partial charge in [-0.25, -0.2) is 13.4 Å². The molecular formula is C19H23N3O4S. The second-order valence-corrected chi connectivity index (χ2v) is 8.20. The van der Waals surface area contributed by atoms with Gasteiger partial charge in [-0.3, -0.25) is 4.79 Å². The van der Waals surface area contributed by atoms with Crippen LogP contribution in [0.25, 0.3) is 0 Å². The Bertz CT molecular complexity index is 905. The van der Waals surface area contributed by atoms with E-state index in [0.29, 0.717) is 31.1 Å². The molecule has 144 valence electrons. The zero-order valence-electron chi connectivity index (χ0n) is 15.5. The molecule has 0 spiro atoms. The van der Waals surface area contributed by atoms with E-state index in [0.717, 1.165) is 5.69 Å². The Hall–Kier alpha value is -2.45. The molecule has 0 aliphatic carbocycles. The summed E-state index contributed by atoms with van der Waals surface area (Å²) in [5.74, 6) is 0.467. The standard InChI is InChI=1S/C19H23N3O4S/c1-3-26-16-7-9-17(10-8-16)27(24,25)22-13-11-21(12-14-22)19(23)18-6-4-5-15(2)20-18/h4-10H,3,11-14H2,1-2H3. The van der Waals surface area contributed by atoms with E-state index in [-0.39, 0.29) is 23.9 Å². The number of hydrogen-bond acceptors (Lipinski definition) is 5.